The zero-order valence-electron chi connectivity index (χ0n) is 7.45. The molecule has 0 bridgehead atoms. The Kier molecular flexibility index (Phi) is 3.45. The third kappa shape index (κ3) is 2.87. The van der Waals surface area contributed by atoms with Crippen LogP contribution in [0.4, 0.5) is 0 Å². The van der Waals surface area contributed by atoms with Crippen LogP contribution in [0.3, 0.4) is 0 Å². The molecule has 1 unspecified atom stereocenters. The number of aromatic amines is 1. The highest BCUT2D eigenvalue weighted by atomic mass is 16.3. The number of aliphatic hydroxyl groups is 1. The molecule has 1 amide bonds. The first kappa shape index (κ1) is 9.73. The number of rotatable bonds is 4. The maximum atomic E-state index is 11.3. The smallest absolute Gasteiger partial charge is 0.269 e. The van der Waals surface area contributed by atoms with Gasteiger partial charge in [0.2, 0.25) is 0 Å². The van der Waals surface area contributed by atoms with Gasteiger partial charge in [-0.25, -0.2) is 4.98 Å². The lowest BCUT2D eigenvalue weighted by atomic mass is 10.2. The van der Waals surface area contributed by atoms with Gasteiger partial charge in [-0.3, -0.25) is 4.79 Å². The molecule has 1 aromatic heterocycles. The van der Waals surface area contributed by atoms with Gasteiger partial charge in [0.1, 0.15) is 5.69 Å². The van der Waals surface area contributed by atoms with Crippen LogP contribution < -0.4 is 5.32 Å². The number of aliphatic hydroxyl groups excluding tert-OH is 1. The summed E-state index contributed by atoms with van der Waals surface area (Å²) in [6, 6.07) is -0.0270. The Bertz CT molecular complexity index is 258. The summed E-state index contributed by atoms with van der Waals surface area (Å²) >= 11 is 0. The molecule has 0 aliphatic heterocycles. The van der Waals surface area contributed by atoms with Gasteiger partial charge in [0, 0.05) is 12.6 Å². The summed E-state index contributed by atoms with van der Waals surface area (Å²) < 4.78 is 0. The molecule has 0 fully saturated rings. The van der Waals surface area contributed by atoms with Crippen LogP contribution in [-0.2, 0) is 0 Å². The van der Waals surface area contributed by atoms with Crippen molar-refractivity contribution in [1.29, 1.82) is 0 Å². The number of aromatic nitrogens is 2. The van der Waals surface area contributed by atoms with Gasteiger partial charge < -0.3 is 15.4 Å². The van der Waals surface area contributed by atoms with E-state index in [9.17, 15) is 4.79 Å². The Morgan fingerprint density at radius 1 is 1.85 bits per heavy atom. The van der Waals surface area contributed by atoms with E-state index in [-0.39, 0.29) is 18.6 Å². The fraction of sp³-hybridized carbons (Fsp3) is 0.500. The maximum Gasteiger partial charge on any atom is 0.269 e. The van der Waals surface area contributed by atoms with Crippen molar-refractivity contribution in [3.8, 4) is 0 Å². The highest BCUT2D eigenvalue weighted by Gasteiger charge is 2.09. The molecule has 72 valence electrons. The molecular weight excluding hydrogens is 170 g/mol. The number of nitrogens with one attached hydrogen (secondary N) is 2. The lowest BCUT2D eigenvalue weighted by Crippen LogP contribution is -2.33. The van der Waals surface area contributed by atoms with Crippen LogP contribution in [0.2, 0.25) is 0 Å². The number of hydrogen-bond donors (Lipinski definition) is 3. The largest absolute Gasteiger partial charge is 0.396 e. The lowest BCUT2D eigenvalue weighted by Gasteiger charge is -2.10. The number of nitrogens with zero attached hydrogens (tertiary/aromatic N) is 1. The number of imidazole rings is 1. The zero-order valence-corrected chi connectivity index (χ0v) is 7.45. The maximum absolute atomic E-state index is 11.3. The van der Waals surface area contributed by atoms with Gasteiger partial charge in [-0.2, -0.15) is 0 Å². The topological polar surface area (TPSA) is 78.0 Å². The summed E-state index contributed by atoms with van der Waals surface area (Å²) in [5, 5.41) is 11.3. The van der Waals surface area contributed by atoms with Crippen LogP contribution in [0.1, 0.15) is 23.8 Å². The van der Waals surface area contributed by atoms with Crippen molar-refractivity contribution >= 4 is 5.91 Å². The highest BCUT2D eigenvalue weighted by Crippen LogP contribution is 1.94. The van der Waals surface area contributed by atoms with Gasteiger partial charge >= 0.3 is 0 Å². The lowest BCUT2D eigenvalue weighted by molar-refractivity contribution is 0.0930. The van der Waals surface area contributed by atoms with E-state index in [0.717, 1.165) is 0 Å². The fourth-order valence-electron chi connectivity index (χ4n) is 0.947. The molecule has 0 spiro atoms. The van der Waals surface area contributed by atoms with Crippen LogP contribution in [0.15, 0.2) is 12.5 Å². The molecule has 0 radical (unpaired) electrons. The molecular formula is C8H13N3O2. The third-order valence-electron chi connectivity index (χ3n) is 1.68. The van der Waals surface area contributed by atoms with Gasteiger partial charge in [0.25, 0.3) is 5.91 Å². The summed E-state index contributed by atoms with van der Waals surface area (Å²) in [4.78, 5) is 17.8. The molecule has 0 aliphatic rings. The van der Waals surface area contributed by atoms with E-state index in [1.165, 1.54) is 12.5 Å². The Morgan fingerprint density at radius 3 is 3.15 bits per heavy atom. The normalized spacial score (nSPS) is 12.5. The minimum atomic E-state index is -0.196. The second-order valence-electron chi connectivity index (χ2n) is 2.85. The standard InChI is InChI=1S/C8H13N3O2/c1-6(2-3-12)11-8(13)7-4-9-5-10-7/h4-6,12H,2-3H2,1H3,(H,9,10)(H,11,13). The predicted molar refractivity (Wildman–Crippen MR) is 47.2 cm³/mol. The summed E-state index contributed by atoms with van der Waals surface area (Å²) in [7, 11) is 0. The average Bonchev–Trinajstić information content (AvgIpc) is 2.55. The van der Waals surface area contributed by atoms with E-state index in [0.29, 0.717) is 12.1 Å². The summed E-state index contributed by atoms with van der Waals surface area (Å²) in [5.41, 5.74) is 0.435. The second-order valence-corrected chi connectivity index (χ2v) is 2.85. The number of carbonyl (C=O) groups is 1. The van der Waals surface area contributed by atoms with Crippen LogP contribution in [0, 0.1) is 0 Å². The SMILES string of the molecule is CC(CCO)NC(=O)c1cnc[nH]1. The van der Waals surface area contributed by atoms with Crippen LogP contribution >= 0.6 is 0 Å². The molecule has 3 N–H and O–H groups in total. The van der Waals surface area contributed by atoms with E-state index in [1.54, 1.807) is 0 Å². The van der Waals surface area contributed by atoms with Crippen molar-refractivity contribution in [2.75, 3.05) is 6.61 Å². The van der Waals surface area contributed by atoms with Crippen LogP contribution in [0.5, 0.6) is 0 Å². The van der Waals surface area contributed by atoms with Crippen molar-refractivity contribution in [3.05, 3.63) is 18.2 Å². The molecule has 1 rings (SSSR count). The Hall–Kier alpha value is -1.36. The molecule has 1 heterocycles. The molecule has 0 saturated heterocycles. The highest BCUT2D eigenvalue weighted by molar-refractivity contribution is 5.92. The van der Waals surface area contributed by atoms with E-state index >= 15 is 0 Å². The molecule has 13 heavy (non-hydrogen) atoms. The van der Waals surface area contributed by atoms with E-state index in [2.05, 4.69) is 15.3 Å². The first-order chi connectivity index (χ1) is 6.24. The second kappa shape index (κ2) is 4.61. The van der Waals surface area contributed by atoms with Gasteiger partial charge in [0.15, 0.2) is 0 Å². The van der Waals surface area contributed by atoms with Crippen molar-refractivity contribution in [1.82, 2.24) is 15.3 Å². The van der Waals surface area contributed by atoms with Crippen molar-refractivity contribution in [2.24, 2.45) is 0 Å². The molecule has 5 nitrogen and oxygen atoms in total. The summed E-state index contributed by atoms with van der Waals surface area (Å²) in [6.45, 7) is 1.91. The van der Waals surface area contributed by atoms with E-state index in [4.69, 9.17) is 5.11 Å². The molecule has 1 aromatic rings. The molecule has 0 aliphatic carbocycles. The van der Waals surface area contributed by atoms with Gasteiger partial charge in [0.05, 0.1) is 12.5 Å². The average molecular weight is 183 g/mol. The molecule has 5 heteroatoms. The fourth-order valence-corrected chi connectivity index (χ4v) is 0.947. The molecule has 0 saturated carbocycles. The third-order valence-corrected chi connectivity index (χ3v) is 1.68. The summed E-state index contributed by atoms with van der Waals surface area (Å²) in [6.07, 6.45) is 3.46. The zero-order chi connectivity index (χ0) is 9.68. The monoisotopic (exact) mass is 183 g/mol. The molecule has 1 atom stereocenters. The number of H-pyrrole nitrogens is 1. The number of carbonyl (C=O) groups excluding carboxylic acids is 1. The van der Waals surface area contributed by atoms with Crippen LogP contribution in [0.25, 0.3) is 0 Å². The first-order valence-electron chi connectivity index (χ1n) is 4.14. The summed E-state index contributed by atoms with van der Waals surface area (Å²) in [5.74, 6) is -0.196. The Balaban J connectivity index is 2.42. The van der Waals surface area contributed by atoms with Gasteiger partial charge in [-0.1, -0.05) is 0 Å². The number of hydrogen-bond acceptors (Lipinski definition) is 3. The van der Waals surface area contributed by atoms with Crippen molar-refractivity contribution in [2.45, 2.75) is 19.4 Å². The van der Waals surface area contributed by atoms with Gasteiger partial charge in [-0.15, -0.1) is 0 Å². The minimum absolute atomic E-state index is 0.0270. The number of amides is 1. The van der Waals surface area contributed by atoms with Gasteiger partial charge in [-0.05, 0) is 13.3 Å². The predicted octanol–water partition coefficient (Wildman–Crippen LogP) is -0.0896. The quantitative estimate of drug-likeness (QED) is 0.610. The van der Waals surface area contributed by atoms with Crippen molar-refractivity contribution < 1.29 is 9.90 Å². The van der Waals surface area contributed by atoms with Crippen molar-refractivity contribution in [3.63, 3.8) is 0 Å². The van der Waals surface area contributed by atoms with Crippen LogP contribution in [-0.4, -0.2) is 33.6 Å². The Morgan fingerprint density at radius 2 is 2.62 bits per heavy atom. The van der Waals surface area contributed by atoms with E-state index in [1.807, 2.05) is 6.92 Å². The van der Waals surface area contributed by atoms with E-state index < -0.39 is 0 Å². The first-order valence-corrected chi connectivity index (χ1v) is 4.14. The Labute approximate surface area is 76.2 Å². The molecule has 0 aromatic carbocycles. The minimum Gasteiger partial charge on any atom is -0.396 e.